The van der Waals surface area contributed by atoms with Gasteiger partial charge in [-0.15, -0.1) is 0 Å². The molecule has 0 aliphatic rings. The summed E-state index contributed by atoms with van der Waals surface area (Å²) >= 11 is 3.33. The Bertz CT molecular complexity index is 770. The van der Waals surface area contributed by atoms with Crippen molar-refractivity contribution in [2.24, 2.45) is 0 Å². The number of benzene rings is 2. The first-order valence-corrected chi connectivity index (χ1v) is 6.80. The van der Waals surface area contributed by atoms with Crippen LogP contribution in [0.1, 0.15) is 5.69 Å². The molecule has 96 valence electrons. The highest BCUT2D eigenvalue weighted by atomic mass is 79.9. The third-order valence-electron chi connectivity index (χ3n) is 3.00. The second kappa shape index (κ2) is 5.32. The lowest BCUT2D eigenvalue weighted by Gasteiger charge is -2.02. The molecule has 3 nitrogen and oxygen atoms in total. The molecule has 0 bridgehead atoms. The van der Waals surface area contributed by atoms with E-state index in [0.29, 0.717) is 10.2 Å². The van der Waals surface area contributed by atoms with E-state index in [9.17, 15) is 0 Å². The van der Waals surface area contributed by atoms with Crippen molar-refractivity contribution < 1.29 is 4.52 Å². The first-order valence-electron chi connectivity index (χ1n) is 6.00. The van der Waals surface area contributed by atoms with Crippen LogP contribution in [0.25, 0.3) is 22.5 Å². The zero-order valence-electron chi connectivity index (χ0n) is 10.4. The predicted molar refractivity (Wildman–Crippen MR) is 79.8 cm³/mol. The lowest BCUT2D eigenvalue weighted by molar-refractivity contribution is 0.430. The molecule has 0 unspecified atom stereocenters. The Morgan fingerprint density at radius 1 is 0.900 bits per heavy atom. The molecule has 0 saturated heterocycles. The molecular formula is C16H9BrN2O. The fourth-order valence-electron chi connectivity index (χ4n) is 1.97. The van der Waals surface area contributed by atoms with E-state index < -0.39 is 0 Å². The monoisotopic (exact) mass is 324 g/mol. The third-order valence-corrected chi connectivity index (χ3v) is 3.73. The first kappa shape index (κ1) is 12.6. The van der Waals surface area contributed by atoms with E-state index in [2.05, 4.69) is 33.2 Å². The summed E-state index contributed by atoms with van der Waals surface area (Å²) in [6, 6.07) is 20.1. The van der Waals surface area contributed by atoms with Gasteiger partial charge >= 0.3 is 0 Å². The molecule has 0 radical (unpaired) electrons. The van der Waals surface area contributed by atoms with Crippen LogP contribution < -0.4 is 0 Å². The number of nitriles is 1. The van der Waals surface area contributed by atoms with Crippen molar-refractivity contribution in [1.82, 2.24) is 5.16 Å². The van der Waals surface area contributed by atoms with Crippen LogP contribution in [0, 0.1) is 11.3 Å². The van der Waals surface area contributed by atoms with Gasteiger partial charge in [0, 0.05) is 5.56 Å². The predicted octanol–water partition coefficient (Wildman–Crippen LogP) is 4.64. The van der Waals surface area contributed by atoms with Gasteiger partial charge in [0.1, 0.15) is 10.5 Å². The van der Waals surface area contributed by atoms with Gasteiger partial charge in [0.25, 0.3) is 0 Å². The molecule has 2 aromatic carbocycles. The largest absolute Gasteiger partial charge is 0.354 e. The van der Waals surface area contributed by atoms with Crippen molar-refractivity contribution in [2.45, 2.75) is 0 Å². The lowest BCUT2D eigenvalue weighted by Crippen LogP contribution is -1.79. The summed E-state index contributed by atoms with van der Waals surface area (Å²) < 4.78 is 5.79. The molecule has 0 N–H and O–H groups in total. The zero-order chi connectivity index (χ0) is 13.9. The molecule has 3 aromatic rings. The molecule has 0 spiro atoms. The van der Waals surface area contributed by atoms with Crippen LogP contribution in [-0.4, -0.2) is 5.16 Å². The van der Waals surface area contributed by atoms with Crippen LogP contribution in [0.4, 0.5) is 0 Å². The molecule has 1 aromatic heterocycles. The SMILES string of the molecule is N#Cc1noc(-c2ccc(-c3ccccc3)cc2)c1Br. The van der Waals surface area contributed by atoms with Crippen molar-refractivity contribution in [3.63, 3.8) is 0 Å². The smallest absolute Gasteiger partial charge is 0.198 e. The summed E-state index contributed by atoms with van der Waals surface area (Å²) in [5, 5.41) is 12.6. The Kier molecular flexibility index (Phi) is 3.36. The number of nitrogens with zero attached hydrogens (tertiary/aromatic N) is 2. The second-order valence-electron chi connectivity index (χ2n) is 4.23. The van der Waals surface area contributed by atoms with Gasteiger partial charge in [-0.3, -0.25) is 0 Å². The van der Waals surface area contributed by atoms with Gasteiger partial charge in [-0.1, -0.05) is 59.8 Å². The minimum absolute atomic E-state index is 0.257. The Morgan fingerprint density at radius 2 is 1.50 bits per heavy atom. The van der Waals surface area contributed by atoms with E-state index in [-0.39, 0.29) is 5.69 Å². The number of rotatable bonds is 2. The van der Waals surface area contributed by atoms with E-state index in [4.69, 9.17) is 9.78 Å². The van der Waals surface area contributed by atoms with Crippen molar-refractivity contribution in [3.8, 4) is 28.5 Å². The maximum absolute atomic E-state index is 8.87. The molecule has 0 atom stereocenters. The van der Waals surface area contributed by atoms with Crippen LogP contribution in [0.5, 0.6) is 0 Å². The van der Waals surface area contributed by atoms with E-state index >= 15 is 0 Å². The molecule has 4 heteroatoms. The average Bonchev–Trinajstić information content (AvgIpc) is 2.89. The topological polar surface area (TPSA) is 49.8 Å². The molecule has 20 heavy (non-hydrogen) atoms. The van der Waals surface area contributed by atoms with Gasteiger partial charge in [-0.25, -0.2) is 0 Å². The minimum Gasteiger partial charge on any atom is -0.354 e. The minimum atomic E-state index is 0.257. The second-order valence-corrected chi connectivity index (χ2v) is 5.02. The Labute approximate surface area is 124 Å². The summed E-state index contributed by atoms with van der Waals surface area (Å²) in [6.45, 7) is 0. The van der Waals surface area contributed by atoms with E-state index in [1.54, 1.807) is 0 Å². The average molecular weight is 325 g/mol. The van der Waals surface area contributed by atoms with Crippen molar-refractivity contribution in [2.75, 3.05) is 0 Å². The zero-order valence-corrected chi connectivity index (χ0v) is 12.0. The number of aromatic nitrogens is 1. The first-order chi connectivity index (χ1) is 9.79. The van der Waals surface area contributed by atoms with Gasteiger partial charge in [-0.05, 0) is 27.1 Å². The van der Waals surface area contributed by atoms with Gasteiger partial charge in [0.2, 0.25) is 0 Å². The molecule has 1 heterocycles. The van der Waals surface area contributed by atoms with Crippen molar-refractivity contribution >= 4 is 15.9 Å². The molecule has 0 amide bonds. The number of halogens is 1. The Morgan fingerprint density at radius 3 is 2.10 bits per heavy atom. The maximum atomic E-state index is 8.87. The van der Waals surface area contributed by atoms with Crippen LogP contribution >= 0.6 is 15.9 Å². The third kappa shape index (κ3) is 2.24. The molecule has 3 rings (SSSR count). The van der Waals surface area contributed by atoms with Crippen LogP contribution in [0.3, 0.4) is 0 Å². The highest BCUT2D eigenvalue weighted by molar-refractivity contribution is 9.10. The fraction of sp³-hybridized carbons (Fsp3) is 0. The molecule has 0 fully saturated rings. The van der Waals surface area contributed by atoms with Gasteiger partial charge in [0.05, 0.1) is 0 Å². The standard InChI is InChI=1S/C16H9BrN2O/c17-15-14(10-18)19-20-16(15)13-8-6-12(7-9-13)11-4-2-1-3-5-11/h1-9H. The normalized spacial score (nSPS) is 10.2. The Hall–Kier alpha value is -2.38. The summed E-state index contributed by atoms with van der Waals surface area (Å²) in [7, 11) is 0. The summed E-state index contributed by atoms with van der Waals surface area (Å²) in [5.74, 6) is 0.571. The summed E-state index contributed by atoms with van der Waals surface area (Å²) in [5.41, 5.74) is 3.43. The van der Waals surface area contributed by atoms with Gasteiger partial charge in [0.15, 0.2) is 11.5 Å². The fourth-order valence-corrected chi connectivity index (χ4v) is 2.43. The summed E-state index contributed by atoms with van der Waals surface area (Å²) in [4.78, 5) is 0. The van der Waals surface area contributed by atoms with Crippen LogP contribution in [-0.2, 0) is 0 Å². The molecule has 0 saturated carbocycles. The number of hydrogen-bond donors (Lipinski definition) is 0. The highest BCUT2D eigenvalue weighted by Gasteiger charge is 2.14. The maximum Gasteiger partial charge on any atom is 0.198 e. The quantitative estimate of drug-likeness (QED) is 0.689. The Balaban J connectivity index is 1.98. The van der Waals surface area contributed by atoms with Gasteiger partial charge < -0.3 is 4.52 Å². The molecule has 0 aliphatic heterocycles. The summed E-state index contributed by atoms with van der Waals surface area (Å²) in [6.07, 6.45) is 0. The number of hydrogen-bond acceptors (Lipinski definition) is 3. The van der Waals surface area contributed by atoms with Crippen LogP contribution in [0.15, 0.2) is 63.6 Å². The molecular weight excluding hydrogens is 316 g/mol. The van der Waals surface area contributed by atoms with E-state index in [1.807, 2.05) is 48.5 Å². The van der Waals surface area contributed by atoms with E-state index in [0.717, 1.165) is 16.7 Å². The van der Waals surface area contributed by atoms with E-state index in [1.165, 1.54) is 0 Å². The lowest BCUT2D eigenvalue weighted by atomic mass is 10.0. The van der Waals surface area contributed by atoms with Crippen molar-refractivity contribution in [1.29, 1.82) is 5.26 Å². The molecule has 0 aliphatic carbocycles. The van der Waals surface area contributed by atoms with Gasteiger partial charge in [-0.2, -0.15) is 5.26 Å². The van der Waals surface area contributed by atoms with Crippen LogP contribution in [0.2, 0.25) is 0 Å². The van der Waals surface area contributed by atoms with Crippen molar-refractivity contribution in [3.05, 3.63) is 64.8 Å². The highest BCUT2D eigenvalue weighted by Crippen LogP contribution is 2.32.